The molecule has 2 aromatic rings. The number of carbonyl (C=O) groups excluding carboxylic acids is 1. The summed E-state index contributed by atoms with van der Waals surface area (Å²) in [6.45, 7) is 6.02. The summed E-state index contributed by atoms with van der Waals surface area (Å²) in [4.78, 5) is 17.8. The maximum absolute atomic E-state index is 12.3. The van der Waals surface area contributed by atoms with E-state index in [0.29, 0.717) is 5.49 Å². The van der Waals surface area contributed by atoms with E-state index < -0.39 is 0 Å². The van der Waals surface area contributed by atoms with Crippen molar-refractivity contribution in [1.29, 1.82) is 0 Å². The first-order chi connectivity index (χ1) is 9.58. The van der Waals surface area contributed by atoms with Gasteiger partial charge in [0.1, 0.15) is 5.49 Å². The molecule has 0 saturated heterocycles. The number of thiophene rings is 1. The molecule has 2 aromatic heterocycles. The number of carbonyl (C=O) groups is 1. The number of nitrogens with zero attached hydrogens (tertiary/aromatic N) is 2. The number of pyridine rings is 1. The molecule has 20 heavy (non-hydrogen) atoms. The van der Waals surface area contributed by atoms with Crippen LogP contribution in [-0.4, -0.2) is 16.5 Å². The summed E-state index contributed by atoms with van der Waals surface area (Å²) in [5.74, 6) is -0.0854. The maximum Gasteiger partial charge on any atom is 0.256 e. The van der Waals surface area contributed by atoms with Crippen LogP contribution in [0.3, 0.4) is 0 Å². The Morgan fingerprint density at radius 2 is 2.15 bits per heavy atom. The molecule has 0 aliphatic carbocycles. The monoisotopic (exact) mass is 286 g/mol. The average molecular weight is 286 g/mol. The molecule has 3 nitrogen and oxygen atoms in total. The molecule has 0 amide bonds. The Bertz CT molecular complexity index is 692. The van der Waals surface area contributed by atoms with Crippen LogP contribution in [0.2, 0.25) is 0 Å². The summed E-state index contributed by atoms with van der Waals surface area (Å²) >= 11 is 1.63. The summed E-state index contributed by atoms with van der Waals surface area (Å²) in [6.07, 6.45) is 5.20. The highest BCUT2D eigenvalue weighted by atomic mass is 32.1. The van der Waals surface area contributed by atoms with Crippen LogP contribution >= 0.6 is 11.3 Å². The number of rotatable bonds is 3. The highest BCUT2D eigenvalue weighted by molar-refractivity contribution is 7.11. The minimum absolute atomic E-state index is 0.0854. The third-order valence-corrected chi connectivity index (χ3v) is 3.73. The Morgan fingerprint density at radius 3 is 2.80 bits per heavy atom. The first kappa shape index (κ1) is 14.5. The fourth-order valence-electron chi connectivity index (χ4n) is 1.77. The maximum atomic E-state index is 12.3. The van der Waals surface area contributed by atoms with E-state index in [4.69, 9.17) is 0 Å². The second-order valence-electron chi connectivity index (χ2n) is 4.79. The lowest BCUT2D eigenvalue weighted by Gasteiger charge is -2.03. The zero-order valence-electron chi connectivity index (χ0n) is 11.9. The summed E-state index contributed by atoms with van der Waals surface area (Å²) in [6, 6.07) is 7.77. The molecule has 0 bridgehead atoms. The van der Waals surface area contributed by atoms with Gasteiger partial charge in [-0.25, -0.2) is 0 Å². The third kappa shape index (κ3) is 3.54. The fourth-order valence-corrected chi connectivity index (χ4v) is 2.59. The van der Waals surface area contributed by atoms with Crippen LogP contribution in [0.5, 0.6) is 0 Å². The van der Waals surface area contributed by atoms with Gasteiger partial charge >= 0.3 is 0 Å². The molecule has 0 atom stereocenters. The van der Waals surface area contributed by atoms with E-state index >= 15 is 0 Å². The molecular formula is C16H18N2OS. The number of hydrogen-bond acceptors (Lipinski definition) is 3. The predicted molar refractivity (Wildman–Crippen MR) is 83.8 cm³/mol. The Morgan fingerprint density at radius 1 is 1.35 bits per heavy atom. The van der Waals surface area contributed by atoms with Crippen molar-refractivity contribution in [3.63, 3.8) is 0 Å². The highest BCUT2D eigenvalue weighted by Gasteiger charge is 2.02. The SMILES string of the molecule is Cc1ccsc1/C=C/C(=O)n1ccccc1=NC(C)C. The lowest BCUT2D eigenvalue weighted by atomic mass is 10.3. The molecule has 0 fully saturated rings. The van der Waals surface area contributed by atoms with Gasteiger partial charge in [-0.05, 0) is 56.0 Å². The topological polar surface area (TPSA) is 34.4 Å². The van der Waals surface area contributed by atoms with Gasteiger partial charge in [0.25, 0.3) is 5.91 Å². The van der Waals surface area contributed by atoms with Crippen molar-refractivity contribution >= 4 is 23.3 Å². The van der Waals surface area contributed by atoms with Crippen LogP contribution in [0.15, 0.2) is 46.9 Å². The second kappa shape index (κ2) is 6.48. The highest BCUT2D eigenvalue weighted by Crippen LogP contribution is 2.16. The summed E-state index contributed by atoms with van der Waals surface area (Å²) in [7, 11) is 0. The van der Waals surface area contributed by atoms with E-state index in [1.54, 1.807) is 28.2 Å². The van der Waals surface area contributed by atoms with Gasteiger partial charge in [-0.1, -0.05) is 6.07 Å². The first-order valence-electron chi connectivity index (χ1n) is 6.56. The van der Waals surface area contributed by atoms with Gasteiger partial charge in [0, 0.05) is 23.2 Å². The van der Waals surface area contributed by atoms with Crippen LogP contribution in [0, 0.1) is 6.92 Å². The Kier molecular flexibility index (Phi) is 4.69. The average Bonchev–Trinajstić information content (AvgIpc) is 2.81. The minimum Gasteiger partial charge on any atom is -0.269 e. The standard InChI is InChI=1S/C16H18N2OS/c1-12(2)17-15-6-4-5-10-18(15)16(19)8-7-14-13(3)9-11-20-14/h4-12H,1-3H3/b8-7+,17-15?. The largest absolute Gasteiger partial charge is 0.269 e. The molecular weight excluding hydrogens is 268 g/mol. The van der Waals surface area contributed by atoms with Crippen molar-refractivity contribution in [2.24, 2.45) is 4.99 Å². The number of aryl methyl sites for hydroxylation is 1. The van der Waals surface area contributed by atoms with Crippen molar-refractivity contribution in [2.45, 2.75) is 26.8 Å². The molecule has 2 heterocycles. The van der Waals surface area contributed by atoms with Crippen LogP contribution in [0.1, 0.15) is 29.1 Å². The summed E-state index contributed by atoms with van der Waals surface area (Å²) in [5, 5.41) is 2.02. The second-order valence-corrected chi connectivity index (χ2v) is 5.74. The van der Waals surface area contributed by atoms with E-state index in [0.717, 1.165) is 4.88 Å². The van der Waals surface area contributed by atoms with Gasteiger partial charge in [-0.15, -0.1) is 11.3 Å². The van der Waals surface area contributed by atoms with Crippen molar-refractivity contribution in [1.82, 2.24) is 4.57 Å². The molecule has 0 radical (unpaired) electrons. The molecule has 0 saturated carbocycles. The van der Waals surface area contributed by atoms with Crippen molar-refractivity contribution in [2.75, 3.05) is 0 Å². The molecule has 0 aliphatic heterocycles. The lowest BCUT2D eigenvalue weighted by Crippen LogP contribution is -2.26. The zero-order chi connectivity index (χ0) is 14.5. The van der Waals surface area contributed by atoms with E-state index in [9.17, 15) is 4.79 Å². The van der Waals surface area contributed by atoms with Crippen LogP contribution in [0.4, 0.5) is 0 Å². The van der Waals surface area contributed by atoms with Crippen LogP contribution < -0.4 is 5.49 Å². The van der Waals surface area contributed by atoms with Crippen molar-refractivity contribution < 1.29 is 4.79 Å². The number of aromatic nitrogens is 1. The molecule has 2 rings (SSSR count). The first-order valence-corrected chi connectivity index (χ1v) is 7.44. The van der Waals surface area contributed by atoms with Gasteiger partial charge in [-0.3, -0.25) is 14.4 Å². The zero-order valence-corrected chi connectivity index (χ0v) is 12.7. The van der Waals surface area contributed by atoms with Gasteiger partial charge in [-0.2, -0.15) is 0 Å². The molecule has 0 unspecified atom stereocenters. The molecule has 104 valence electrons. The Balaban J connectivity index is 2.31. The normalized spacial score (nSPS) is 12.5. The van der Waals surface area contributed by atoms with Gasteiger partial charge in [0.05, 0.1) is 0 Å². The Hall–Kier alpha value is -1.94. The smallest absolute Gasteiger partial charge is 0.256 e. The van der Waals surface area contributed by atoms with Crippen LogP contribution in [-0.2, 0) is 0 Å². The summed E-state index contributed by atoms with van der Waals surface area (Å²) < 4.78 is 1.57. The number of hydrogen-bond donors (Lipinski definition) is 0. The van der Waals surface area contributed by atoms with E-state index in [1.165, 1.54) is 5.56 Å². The molecule has 4 heteroatoms. The van der Waals surface area contributed by atoms with Gasteiger partial charge < -0.3 is 0 Å². The molecule has 0 aromatic carbocycles. The quantitative estimate of drug-likeness (QED) is 0.795. The lowest BCUT2D eigenvalue weighted by molar-refractivity contribution is 0.0964. The molecule has 0 spiro atoms. The third-order valence-electron chi connectivity index (χ3n) is 2.75. The van der Waals surface area contributed by atoms with Gasteiger partial charge in [0.15, 0.2) is 0 Å². The van der Waals surface area contributed by atoms with E-state index in [1.807, 2.05) is 56.5 Å². The summed E-state index contributed by atoms with van der Waals surface area (Å²) in [5.41, 5.74) is 1.87. The molecule has 0 N–H and O–H groups in total. The Labute approximate surface area is 122 Å². The van der Waals surface area contributed by atoms with Gasteiger partial charge in [0.2, 0.25) is 0 Å². The number of allylic oxidation sites excluding steroid dienone is 1. The fraction of sp³-hybridized carbons (Fsp3) is 0.250. The minimum atomic E-state index is -0.0854. The van der Waals surface area contributed by atoms with Crippen molar-refractivity contribution in [3.05, 3.63) is 57.8 Å². The van der Waals surface area contributed by atoms with E-state index in [-0.39, 0.29) is 11.9 Å². The predicted octanol–water partition coefficient (Wildman–Crippen LogP) is 3.52. The van der Waals surface area contributed by atoms with Crippen LogP contribution in [0.25, 0.3) is 6.08 Å². The molecule has 0 aliphatic rings. The van der Waals surface area contributed by atoms with Crippen molar-refractivity contribution in [3.8, 4) is 0 Å². The van der Waals surface area contributed by atoms with E-state index in [2.05, 4.69) is 4.99 Å².